The average Bonchev–Trinajstić information content (AvgIpc) is 2.82. The molecular weight excluding hydrogens is 311 g/mol. The number of nitrogens with zero attached hydrogens (tertiary/aromatic N) is 2. The van der Waals surface area contributed by atoms with Crippen molar-refractivity contribution in [1.29, 1.82) is 0 Å². The molecule has 0 spiro atoms. The molecule has 0 amide bonds. The van der Waals surface area contributed by atoms with Crippen LogP contribution in [-0.2, 0) is 4.74 Å². The second-order valence-corrected chi connectivity index (χ2v) is 4.85. The summed E-state index contributed by atoms with van der Waals surface area (Å²) in [5.41, 5.74) is 0.874. The Bertz CT molecular complexity index is 443. The lowest BCUT2D eigenvalue weighted by Gasteiger charge is -2.19. The van der Waals surface area contributed by atoms with Crippen LogP contribution in [0, 0.1) is 0 Å². The molecule has 0 aliphatic carbocycles. The summed E-state index contributed by atoms with van der Waals surface area (Å²) in [6.45, 7) is 8.30. The summed E-state index contributed by atoms with van der Waals surface area (Å²) in [5, 5.41) is 0. The van der Waals surface area contributed by atoms with Crippen LogP contribution in [0.3, 0.4) is 0 Å². The van der Waals surface area contributed by atoms with E-state index in [-0.39, 0.29) is 24.8 Å². The highest BCUT2D eigenvalue weighted by molar-refractivity contribution is 5.85. The molecule has 2 rings (SSSR count). The Balaban J connectivity index is 0.00000200. The minimum atomic E-state index is 0. The van der Waals surface area contributed by atoms with Crippen LogP contribution in [0.5, 0.6) is 5.75 Å². The van der Waals surface area contributed by atoms with Gasteiger partial charge in [-0.15, -0.1) is 24.8 Å². The summed E-state index contributed by atoms with van der Waals surface area (Å²) in [5.74, 6) is 1.41. The number of aromatic nitrogens is 1. The van der Waals surface area contributed by atoms with E-state index in [2.05, 4.69) is 23.5 Å². The third-order valence-electron chi connectivity index (χ3n) is 3.47. The molecule has 4 nitrogen and oxygen atoms in total. The van der Waals surface area contributed by atoms with Gasteiger partial charge in [-0.1, -0.05) is 6.58 Å². The molecule has 0 saturated carbocycles. The van der Waals surface area contributed by atoms with Gasteiger partial charge in [-0.25, -0.2) is 0 Å². The first kappa shape index (κ1) is 20.0. The Morgan fingerprint density at radius 2 is 2.19 bits per heavy atom. The molecule has 1 aromatic heterocycles. The maximum absolute atomic E-state index is 5.83. The minimum absolute atomic E-state index is 0. The predicted molar refractivity (Wildman–Crippen MR) is 90.5 cm³/mol. The van der Waals surface area contributed by atoms with Crippen molar-refractivity contribution < 1.29 is 9.47 Å². The molecule has 1 aliphatic rings. The molecule has 120 valence electrons. The van der Waals surface area contributed by atoms with Gasteiger partial charge in [0.25, 0.3) is 0 Å². The van der Waals surface area contributed by atoms with Crippen LogP contribution in [0.15, 0.2) is 25.0 Å². The van der Waals surface area contributed by atoms with Crippen LogP contribution in [0.25, 0.3) is 5.76 Å². The summed E-state index contributed by atoms with van der Waals surface area (Å²) in [4.78, 5) is 6.52. The van der Waals surface area contributed by atoms with Crippen molar-refractivity contribution in [3.8, 4) is 5.75 Å². The SMILES string of the molecule is C=C(OCC)c1cncc(OC[C@@H]2CCCN2C)c1.Cl.Cl. The van der Waals surface area contributed by atoms with Crippen molar-refractivity contribution in [3.05, 3.63) is 30.6 Å². The van der Waals surface area contributed by atoms with Gasteiger partial charge >= 0.3 is 0 Å². The summed E-state index contributed by atoms with van der Waals surface area (Å²) in [6.07, 6.45) is 5.93. The molecule has 1 aliphatic heterocycles. The smallest absolute Gasteiger partial charge is 0.138 e. The average molecular weight is 335 g/mol. The standard InChI is InChI=1S/C15H22N2O2.2ClH/c1-4-18-12(2)13-8-15(10-16-9-13)19-11-14-6-5-7-17(14)3;;/h8-10,14H,2,4-7,11H2,1,3H3;2*1H/t14-;;/m0../s1. The van der Waals surface area contributed by atoms with Gasteiger partial charge in [0, 0.05) is 17.8 Å². The first-order chi connectivity index (χ1) is 9.20. The zero-order chi connectivity index (χ0) is 13.7. The normalized spacial score (nSPS) is 17.5. The molecule has 1 aromatic rings. The molecule has 21 heavy (non-hydrogen) atoms. The third-order valence-corrected chi connectivity index (χ3v) is 3.47. The summed E-state index contributed by atoms with van der Waals surface area (Å²) < 4.78 is 11.2. The van der Waals surface area contributed by atoms with E-state index in [4.69, 9.17) is 9.47 Å². The highest BCUT2D eigenvalue weighted by Crippen LogP contribution is 2.20. The second kappa shape index (κ2) is 9.87. The van der Waals surface area contributed by atoms with Gasteiger partial charge in [-0.2, -0.15) is 0 Å². The molecule has 2 heterocycles. The van der Waals surface area contributed by atoms with Crippen LogP contribution < -0.4 is 4.74 Å². The second-order valence-electron chi connectivity index (χ2n) is 4.85. The van der Waals surface area contributed by atoms with E-state index in [1.807, 2.05) is 13.0 Å². The van der Waals surface area contributed by atoms with Gasteiger partial charge in [0.2, 0.25) is 0 Å². The summed E-state index contributed by atoms with van der Waals surface area (Å²) in [7, 11) is 2.15. The van der Waals surface area contributed by atoms with E-state index in [0.29, 0.717) is 25.0 Å². The maximum Gasteiger partial charge on any atom is 0.138 e. The molecule has 6 heteroatoms. The van der Waals surface area contributed by atoms with E-state index in [1.54, 1.807) is 12.4 Å². The Morgan fingerprint density at radius 1 is 1.43 bits per heavy atom. The van der Waals surface area contributed by atoms with Gasteiger partial charge in [0.05, 0.1) is 12.8 Å². The fourth-order valence-electron chi connectivity index (χ4n) is 2.29. The number of rotatable bonds is 6. The lowest BCUT2D eigenvalue weighted by atomic mass is 10.2. The molecule has 0 unspecified atom stereocenters. The number of hydrogen-bond donors (Lipinski definition) is 0. The summed E-state index contributed by atoms with van der Waals surface area (Å²) >= 11 is 0. The molecule has 1 saturated heterocycles. The number of likely N-dealkylation sites (N-methyl/N-ethyl adjacent to an activating group) is 1. The Hall–Kier alpha value is -0.970. The highest BCUT2D eigenvalue weighted by atomic mass is 35.5. The van der Waals surface area contributed by atoms with Crippen molar-refractivity contribution in [2.24, 2.45) is 0 Å². The Kier molecular flexibility index (Phi) is 9.42. The van der Waals surface area contributed by atoms with E-state index in [9.17, 15) is 0 Å². The molecule has 1 fully saturated rings. The van der Waals surface area contributed by atoms with Crippen molar-refractivity contribution in [2.45, 2.75) is 25.8 Å². The van der Waals surface area contributed by atoms with Gasteiger partial charge in [-0.05, 0) is 39.4 Å². The predicted octanol–water partition coefficient (Wildman–Crippen LogP) is 3.41. The molecular formula is C15H24Cl2N2O2. The fraction of sp³-hybridized carbons (Fsp3) is 0.533. The van der Waals surface area contributed by atoms with Crippen molar-refractivity contribution >= 4 is 30.6 Å². The molecule has 0 aromatic carbocycles. The largest absolute Gasteiger partial charge is 0.494 e. The zero-order valence-corrected chi connectivity index (χ0v) is 14.2. The van der Waals surface area contributed by atoms with Crippen molar-refractivity contribution in [1.82, 2.24) is 9.88 Å². The quantitative estimate of drug-likeness (QED) is 0.746. The number of hydrogen-bond acceptors (Lipinski definition) is 4. The number of halogens is 2. The maximum atomic E-state index is 5.83. The van der Waals surface area contributed by atoms with E-state index >= 15 is 0 Å². The molecule has 0 N–H and O–H groups in total. The molecule has 1 atom stereocenters. The lowest BCUT2D eigenvalue weighted by molar-refractivity contribution is 0.197. The fourth-order valence-corrected chi connectivity index (χ4v) is 2.29. The van der Waals surface area contributed by atoms with Gasteiger partial charge in [0.1, 0.15) is 18.1 Å². The van der Waals surface area contributed by atoms with Crippen LogP contribution in [-0.4, -0.2) is 42.7 Å². The van der Waals surface area contributed by atoms with Crippen LogP contribution in [0.2, 0.25) is 0 Å². The monoisotopic (exact) mass is 334 g/mol. The first-order valence-corrected chi connectivity index (χ1v) is 6.81. The van der Waals surface area contributed by atoms with Crippen LogP contribution in [0.4, 0.5) is 0 Å². The van der Waals surface area contributed by atoms with E-state index in [1.165, 1.54) is 12.8 Å². The highest BCUT2D eigenvalue weighted by Gasteiger charge is 2.21. The van der Waals surface area contributed by atoms with Crippen molar-refractivity contribution in [3.63, 3.8) is 0 Å². The van der Waals surface area contributed by atoms with Gasteiger partial charge in [0.15, 0.2) is 0 Å². The van der Waals surface area contributed by atoms with Gasteiger partial charge in [-0.3, -0.25) is 4.98 Å². The Labute approximate surface area is 139 Å². The van der Waals surface area contributed by atoms with Crippen molar-refractivity contribution in [2.75, 3.05) is 26.8 Å². The first-order valence-electron chi connectivity index (χ1n) is 6.81. The lowest BCUT2D eigenvalue weighted by Crippen LogP contribution is -2.30. The number of pyridine rings is 1. The molecule has 0 radical (unpaired) electrons. The van der Waals surface area contributed by atoms with Crippen LogP contribution >= 0.6 is 24.8 Å². The number of ether oxygens (including phenoxy) is 2. The van der Waals surface area contributed by atoms with E-state index < -0.39 is 0 Å². The van der Waals surface area contributed by atoms with E-state index in [0.717, 1.165) is 17.9 Å². The number of likely N-dealkylation sites (tertiary alicyclic amines) is 1. The summed E-state index contributed by atoms with van der Waals surface area (Å²) in [6, 6.07) is 2.44. The minimum Gasteiger partial charge on any atom is -0.494 e. The van der Waals surface area contributed by atoms with Crippen LogP contribution in [0.1, 0.15) is 25.3 Å². The Morgan fingerprint density at radius 3 is 2.81 bits per heavy atom. The van der Waals surface area contributed by atoms with Gasteiger partial charge < -0.3 is 14.4 Å². The zero-order valence-electron chi connectivity index (χ0n) is 12.6. The topological polar surface area (TPSA) is 34.6 Å². The third kappa shape index (κ3) is 5.73. The molecule has 0 bridgehead atoms.